The molecule has 1 rings (SSSR count). The van der Waals surface area contributed by atoms with E-state index in [-0.39, 0.29) is 5.60 Å². The van der Waals surface area contributed by atoms with E-state index in [0.717, 1.165) is 12.1 Å². The maximum absolute atomic E-state index is 5.08. The number of hydrogen-bond donors (Lipinski definition) is 1. The van der Waals surface area contributed by atoms with Crippen LogP contribution in [0.1, 0.15) is 20.3 Å². The van der Waals surface area contributed by atoms with Gasteiger partial charge in [0.15, 0.2) is 0 Å². The van der Waals surface area contributed by atoms with Crippen molar-refractivity contribution >= 4 is 18.3 Å². The molecule has 0 aliphatic carbocycles. The topological polar surface area (TPSA) is 21.6 Å². The van der Waals surface area contributed by atoms with Crippen LogP contribution >= 0.6 is 12.6 Å². The molecule has 1 heterocycles. The third-order valence-electron chi connectivity index (χ3n) is 1.23. The lowest BCUT2D eigenvalue weighted by molar-refractivity contribution is 0.0123. The van der Waals surface area contributed by atoms with Gasteiger partial charge in [-0.05, 0) is 13.8 Å². The van der Waals surface area contributed by atoms with Crippen molar-refractivity contribution in [3.63, 3.8) is 0 Å². The zero-order valence-corrected chi connectivity index (χ0v) is 6.61. The van der Waals surface area contributed by atoms with E-state index >= 15 is 0 Å². The molecule has 52 valence electrons. The van der Waals surface area contributed by atoms with Crippen molar-refractivity contribution in [1.82, 2.24) is 0 Å². The molecule has 0 amide bonds. The molecule has 0 bridgehead atoms. The van der Waals surface area contributed by atoms with Crippen LogP contribution < -0.4 is 0 Å². The lowest BCUT2D eigenvalue weighted by atomic mass is 10.0. The molecule has 1 aliphatic heterocycles. The molecule has 0 aromatic rings. The van der Waals surface area contributed by atoms with Crippen LogP contribution in [0, 0.1) is 0 Å². The van der Waals surface area contributed by atoms with E-state index in [1.165, 1.54) is 0 Å². The van der Waals surface area contributed by atoms with Gasteiger partial charge in [-0.25, -0.2) is 0 Å². The van der Waals surface area contributed by atoms with Gasteiger partial charge in [-0.3, -0.25) is 0 Å². The predicted molar refractivity (Wildman–Crippen MR) is 41.1 cm³/mol. The van der Waals surface area contributed by atoms with Crippen molar-refractivity contribution in [2.75, 3.05) is 5.75 Å². The van der Waals surface area contributed by atoms with Crippen LogP contribution in [0.2, 0.25) is 0 Å². The van der Waals surface area contributed by atoms with E-state index in [9.17, 15) is 0 Å². The number of oxime groups is 1. The summed E-state index contributed by atoms with van der Waals surface area (Å²) in [5, 5.41) is 3.85. The monoisotopic (exact) mass is 145 g/mol. The van der Waals surface area contributed by atoms with E-state index in [2.05, 4.69) is 17.8 Å². The highest BCUT2D eigenvalue weighted by Gasteiger charge is 2.27. The second kappa shape index (κ2) is 2.21. The highest BCUT2D eigenvalue weighted by molar-refractivity contribution is 7.81. The molecule has 0 N–H and O–H groups in total. The third-order valence-corrected chi connectivity index (χ3v) is 1.60. The van der Waals surface area contributed by atoms with Gasteiger partial charge in [0.25, 0.3) is 0 Å². The van der Waals surface area contributed by atoms with E-state index in [1.54, 1.807) is 0 Å². The summed E-state index contributed by atoms with van der Waals surface area (Å²) >= 11 is 4.08. The summed E-state index contributed by atoms with van der Waals surface area (Å²) in [4.78, 5) is 5.08. The van der Waals surface area contributed by atoms with Gasteiger partial charge in [0.1, 0.15) is 5.60 Å². The molecule has 0 aromatic heterocycles. The van der Waals surface area contributed by atoms with Crippen LogP contribution in [0.15, 0.2) is 5.16 Å². The Hall–Kier alpha value is -0.180. The van der Waals surface area contributed by atoms with Gasteiger partial charge >= 0.3 is 0 Å². The molecule has 0 unspecified atom stereocenters. The van der Waals surface area contributed by atoms with Crippen LogP contribution in [0.5, 0.6) is 0 Å². The zero-order chi connectivity index (χ0) is 6.91. The Kier molecular flexibility index (Phi) is 1.70. The minimum absolute atomic E-state index is 0.0853. The first-order valence-corrected chi connectivity index (χ1v) is 3.62. The average Bonchev–Trinajstić information content (AvgIpc) is 2.10. The summed E-state index contributed by atoms with van der Waals surface area (Å²) in [6.07, 6.45) is 0.913. The molecule has 9 heavy (non-hydrogen) atoms. The molecular weight excluding hydrogens is 134 g/mol. The molecule has 0 atom stereocenters. The van der Waals surface area contributed by atoms with Crippen LogP contribution in [-0.4, -0.2) is 17.1 Å². The Balaban J connectivity index is 2.50. The molecule has 0 saturated carbocycles. The minimum Gasteiger partial charge on any atom is -0.389 e. The average molecular weight is 145 g/mol. The van der Waals surface area contributed by atoms with Gasteiger partial charge in [-0.15, -0.1) is 0 Å². The molecule has 3 heteroatoms. The second-order valence-corrected chi connectivity index (χ2v) is 3.16. The lowest BCUT2D eigenvalue weighted by Crippen LogP contribution is -2.19. The fourth-order valence-corrected chi connectivity index (χ4v) is 0.998. The van der Waals surface area contributed by atoms with E-state index in [1.807, 2.05) is 13.8 Å². The Morgan fingerprint density at radius 1 is 1.78 bits per heavy atom. The molecule has 0 aromatic carbocycles. The van der Waals surface area contributed by atoms with Gasteiger partial charge in [0.2, 0.25) is 0 Å². The fraction of sp³-hybridized carbons (Fsp3) is 0.833. The highest BCUT2D eigenvalue weighted by atomic mass is 32.1. The first-order valence-electron chi connectivity index (χ1n) is 2.99. The SMILES string of the molecule is CC1(C)CC(CS)=NO1. The van der Waals surface area contributed by atoms with Gasteiger partial charge < -0.3 is 4.84 Å². The second-order valence-electron chi connectivity index (χ2n) is 2.84. The Bertz CT molecular complexity index is 142. The summed E-state index contributed by atoms with van der Waals surface area (Å²) in [6, 6.07) is 0. The van der Waals surface area contributed by atoms with E-state index in [4.69, 9.17) is 4.84 Å². The molecular formula is C6H11NOS. The molecule has 2 nitrogen and oxygen atoms in total. The van der Waals surface area contributed by atoms with Gasteiger partial charge in [-0.1, -0.05) is 5.16 Å². The van der Waals surface area contributed by atoms with E-state index in [0.29, 0.717) is 5.75 Å². The normalized spacial score (nSPS) is 23.2. The molecule has 1 aliphatic rings. The van der Waals surface area contributed by atoms with Gasteiger partial charge in [0.05, 0.1) is 5.71 Å². The van der Waals surface area contributed by atoms with Crippen molar-refractivity contribution in [3.05, 3.63) is 0 Å². The lowest BCUT2D eigenvalue weighted by Gasteiger charge is -2.12. The summed E-state index contributed by atoms with van der Waals surface area (Å²) in [7, 11) is 0. The smallest absolute Gasteiger partial charge is 0.137 e. The largest absolute Gasteiger partial charge is 0.389 e. The molecule has 0 fully saturated rings. The van der Waals surface area contributed by atoms with Crippen molar-refractivity contribution < 1.29 is 4.84 Å². The summed E-state index contributed by atoms with van der Waals surface area (Å²) < 4.78 is 0. The minimum atomic E-state index is -0.0853. The summed E-state index contributed by atoms with van der Waals surface area (Å²) in [6.45, 7) is 4.04. The zero-order valence-electron chi connectivity index (χ0n) is 5.72. The summed E-state index contributed by atoms with van der Waals surface area (Å²) in [5.41, 5.74) is 0.959. The molecule has 0 saturated heterocycles. The maximum Gasteiger partial charge on any atom is 0.137 e. The van der Waals surface area contributed by atoms with Gasteiger partial charge in [0, 0.05) is 12.2 Å². The standard InChI is InChI=1S/C6H11NOS/c1-6(2)3-5(4-9)7-8-6/h9H,3-4H2,1-2H3. The predicted octanol–water partition coefficient (Wildman–Crippen LogP) is 1.47. The van der Waals surface area contributed by atoms with Crippen LogP contribution in [0.4, 0.5) is 0 Å². The van der Waals surface area contributed by atoms with Crippen molar-refractivity contribution in [2.45, 2.75) is 25.9 Å². The first-order chi connectivity index (χ1) is 4.14. The Morgan fingerprint density at radius 3 is 2.67 bits per heavy atom. The third kappa shape index (κ3) is 1.61. The van der Waals surface area contributed by atoms with Crippen molar-refractivity contribution in [3.8, 4) is 0 Å². The van der Waals surface area contributed by atoms with Gasteiger partial charge in [-0.2, -0.15) is 12.6 Å². The van der Waals surface area contributed by atoms with E-state index < -0.39 is 0 Å². The van der Waals surface area contributed by atoms with Crippen molar-refractivity contribution in [2.24, 2.45) is 5.16 Å². The van der Waals surface area contributed by atoms with Crippen LogP contribution in [0.3, 0.4) is 0 Å². The number of hydrogen-bond acceptors (Lipinski definition) is 3. The Labute approximate surface area is 60.7 Å². The number of thiol groups is 1. The van der Waals surface area contributed by atoms with Crippen LogP contribution in [0.25, 0.3) is 0 Å². The van der Waals surface area contributed by atoms with Crippen LogP contribution in [-0.2, 0) is 4.84 Å². The number of nitrogens with zero attached hydrogens (tertiary/aromatic N) is 1. The Morgan fingerprint density at radius 2 is 2.44 bits per heavy atom. The fourth-order valence-electron chi connectivity index (χ4n) is 0.829. The maximum atomic E-state index is 5.08. The summed E-state index contributed by atoms with van der Waals surface area (Å²) in [5.74, 6) is 0.712. The highest BCUT2D eigenvalue weighted by Crippen LogP contribution is 2.22. The number of rotatable bonds is 1. The van der Waals surface area contributed by atoms with Crippen molar-refractivity contribution in [1.29, 1.82) is 0 Å². The first kappa shape index (κ1) is 6.93. The quantitative estimate of drug-likeness (QED) is 0.554. The molecule has 0 spiro atoms. The molecule has 0 radical (unpaired) electrons.